The van der Waals surface area contributed by atoms with Gasteiger partial charge in [-0.1, -0.05) is 30.3 Å². The van der Waals surface area contributed by atoms with Crippen LogP contribution in [0.4, 0.5) is 0 Å². The molecular weight excluding hydrogens is 276 g/mol. The summed E-state index contributed by atoms with van der Waals surface area (Å²) < 4.78 is 0. The molecule has 0 bridgehead atoms. The van der Waals surface area contributed by atoms with Gasteiger partial charge < -0.3 is 10.0 Å². The Balaban J connectivity index is 1.49. The van der Waals surface area contributed by atoms with Gasteiger partial charge in [-0.2, -0.15) is 0 Å². The number of hydrogen-bond acceptors (Lipinski definition) is 3. The zero-order valence-corrected chi connectivity index (χ0v) is 13.5. The predicted molar refractivity (Wildman–Crippen MR) is 86.6 cm³/mol. The van der Waals surface area contributed by atoms with E-state index >= 15 is 0 Å². The normalized spacial score (nSPS) is 26.0. The number of hydrogen-bond donors (Lipinski definition) is 1. The van der Waals surface area contributed by atoms with E-state index in [0.29, 0.717) is 18.4 Å². The first-order chi connectivity index (χ1) is 10.4. The van der Waals surface area contributed by atoms with Crippen molar-refractivity contribution < 1.29 is 9.90 Å². The Morgan fingerprint density at radius 2 is 1.82 bits per heavy atom. The Morgan fingerprint density at radius 1 is 1.18 bits per heavy atom. The van der Waals surface area contributed by atoms with Gasteiger partial charge in [0.25, 0.3) is 0 Å². The lowest BCUT2D eigenvalue weighted by Crippen LogP contribution is -2.52. The summed E-state index contributed by atoms with van der Waals surface area (Å²) in [5.74, 6) is 0.920. The van der Waals surface area contributed by atoms with Crippen molar-refractivity contribution in [2.75, 3.05) is 32.7 Å². The van der Waals surface area contributed by atoms with Gasteiger partial charge >= 0.3 is 0 Å². The Hall–Kier alpha value is -1.39. The first-order valence-corrected chi connectivity index (χ1v) is 8.22. The molecule has 1 aliphatic heterocycles. The second kappa shape index (κ2) is 6.01. The van der Waals surface area contributed by atoms with Gasteiger partial charge in [0.05, 0.1) is 5.60 Å². The van der Waals surface area contributed by atoms with Crippen LogP contribution in [0.1, 0.15) is 31.7 Å². The lowest BCUT2D eigenvalue weighted by molar-refractivity contribution is -0.134. The molecule has 3 rings (SSSR count). The van der Waals surface area contributed by atoms with Gasteiger partial charge in [0.2, 0.25) is 5.91 Å². The second-order valence-electron chi connectivity index (χ2n) is 7.27. The highest BCUT2D eigenvalue weighted by Gasteiger charge is 2.46. The molecule has 1 N–H and O–H groups in total. The summed E-state index contributed by atoms with van der Waals surface area (Å²) in [5, 5.41) is 9.88. The molecule has 1 saturated heterocycles. The van der Waals surface area contributed by atoms with E-state index in [1.54, 1.807) is 0 Å². The molecule has 120 valence electrons. The maximum atomic E-state index is 12.6. The number of amides is 1. The lowest BCUT2D eigenvalue weighted by Gasteiger charge is -2.37. The molecule has 22 heavy (non-hydrogen) atoms. The highest BCUT2D eigenvalue weighted by atomic mass is 16.3. The number of carbonyl (C=O) groups is 1. The van der Waals surface area contributed by atoms with E-state index < -0.39 is 5.60 Å². The summed E-state index contributed by atoms with van der Waals surface area (Å²) >= 11 is 0. The fourth-order valence-electron chi connectivity index (χ4n) is 3.44. The highest BCUT2D eigenvalue weighted by molar-refractivity contribution is 5.83. The van der Waals surface area contributed by atoms with Gasteiger partial charge in [-0.25, -0.2) is 0 Å². The topological polar surface area (TPSA) is 43.8 Å². The van der Waals surface area contributed by atoms with Gasteiger partial charge in [0.15, 0.2) is 0 Å². The zero-order chi connectivity index (χ0) is 15.7. The third-order valence-electron chi connectivity index (χ3n) is 4.63. The number of carbonyl (C=O) groups excluding carboxylic acids is 1. The molecule has 1 heterocycles. The molecule has 2 atom stereocenters. The van der Waals surface area contributed by atoms with Crippen LogP contribution in [0.5, 0.6) is 0 Å². The first kappa shape index (κ1) is 15.5. The SMILES string of the molecule is CC(C)(O)CN1CCN(C(=O)[C@H]2C[C@H]2c2ccccc2)CC1. The molecule has 1 amide bonds. The first-order valence-electron chi connectivity index (χ1n) is 8.22. The van der Waals surface area contributed by atoms with Crippen LogP contribution < -0.4 is 0 Å². The Kier molecular flexibility index (Phi) is 4.24. The molecule has 1 saturated carbocycles. The van der Waals surface area contributed by atoms with Crippen molar-refractivity contribution in [2.24, 2.45) is 5.92 Å². The van der Waals surface area contributed by atoms with Crippen LogP contribution in [-0.4, -0.2) is 59.1 Å². The minimum atomic E-state index is -0.666. The largest absolute Gasteiger partial charge is 0.389 e. The van der Waals surface area contributed by atoms with Gasteiger partial charge in [-0.15, -0.1) is 0 Å². The molecule has 4 nitrogen and oxygen atoms in total. The van der Waals surface area contributed by atoms with Crippen molar-refractivity contribution in [2.45, 2.75) is 31.8 Å². The summed E-state index contributed by atoms with van der Waals surface area (Å²) in [5.41, 5.74) is 0.627. The van der Waals surface area contributed by atoms with E-state index in [9.17, 15) is 9.90 Å². The minimum Gasteiger partial charge on any atom is -0.389 e. The molecule has 0 unspecified atom stereocenters. The van der Waals surface area contributed by atoms with E-state index in [1.807, 2.05) is 36.9 Å². The molecule has 2 fully saturated rings. The summed E-state index contributed by atoms with van der Waals surface area (Å²) in [6, 6.07) is 10.4. The molecule has 1 aromatic carbocycles. The van der Waals surface area contributed by atoms with E-state index in [0.717, 1.165) is 32.6 Å². The third-order valence-corrected chi connectivity index (χ3v) is 4.63. The molecule has 1 aromatic rings. The Morgan fingerprint density at radius 3 is 2.41 bits per heavy atom. The van der Waals surface area contributed by atoms with Crippen LogP contribution in [0.2, 0.25) is 0 Å². The van der Waals surface area contributed by atoms with E-state index in [1.165, 1.54) is 5.56 Å². The number of nitrogens with zero attached hydrogens (tertiary/aromatic N) is 2. The van der Waals surface area contributed by atoms with Crippen molar-refractivity contribution >= 4 is 5.91 Å². The van der Waals surface area contributed by atoms with Crippen LogP contribution in [0.15, 0.2) is 30.3 Å². The van der Waals surface area contributed by atoms with Crippen LogP contribution >= 0.6 is 0 Å². The van der Waals surface area contributed by atoms with Gasteiger partial charge in [-0.3, -0.25) is 9.69 Å². The Labute approximate surface area is 132 Å². The van der Waals surface area contributed by atoms with Crippen LogP contribution in [0, 0.1) is 5.92 Å². The van der Waals surface area contributed by atoms with Crippen molar-refractivity contribution in [1.29, 1.82) is 0 Å². The van der Waals surface area contributed by atoms with Gasteiger partial charge in [-0.05, 0) is 31.7 Å². The second-order valence-corrected chi connectivity index (χ2v) is 7.27. The lowest BCUT2D eigenvalue weighted by atomic mass is 10.1. The fraction of sp³-hybridized carbons (Fsp3) is 0.611. The molecule has 2 aliphatic rings. The van der Waals surface area contributed by atoms with Crippen molar-refractivity contribution in [3.63, 3.8) is 0 Å². The molecule has 4 heteroatoms. The van der Waals surface area contributed by atoms with E-state index in [2.05, 4.69) is 17.0 Å². The fourth-order valence-corrected chi connectivity index (χ4v) is 3.44. The number of benzene rings is 1. The monoisotopic (exact) mass is 302 g/mol. The summed E-state index contributed by atoms with van der Waals surface area (Å²) in [4.78, 5) is 16.8. The van der Waals surface area contributed by atoms with Crippen molar-refractivity contribution in [1.82, 2.24) is 9.80 Å². The average Bonchev–Trinajstić information content (AvgIpc) is 3.27. The minimum absolute atomic E-state index is 0.184. The number of rotatable bonds is 4. The number of β-amino-alcohol motifs (C(OH)–C–C–N with tert-alkyl or cyclic N) is 1. The summed E-state index contributed by atoms with van der Waals surface area (Å²) in [7, 11) is 0. The maximum absolute atomic E-state index is 12.6. The van der Waals surface area contributed by atoms with E-state index in [4.69, 9.17) is 0 Å². The van der Waals surface area contributed by atoms with Gasteiger partial charge in [0.1, 0.15) is 0 Å². The predicted octanol–water partition coefficient (Wildman–Crippen LogP) is 1.71. The molecule has 0 radical (unpaired) electrons. The third kappa shape index (κ3) is 3.68. The molecule has 1 aliphatic carbocycles. The van der Waals surface area contributed by atoms with E-state index in [-0.39, 0.29) is 5.92 Å². The zero-order valence-electron chi connectivity index (χ0n) is 13.5. The number of piperazine rings is 1. The van der Waals surface area contributed by atoms with Gasteiger partial charge in [0, 0.05) is 38.6 Å². The molecule has 0 spiro atoms. The van der Waals surface area contributed by atoms with Crippen molar-refractivity contribution in [3.05, 3.63) is 35.9 Å². The Bertz CT molecular complexity index is 516. The summed E-state index contributed by atoms with van der Waals surface area (Å²) in [6.45, 7) is 7.63. The molecule has 0 aromatic heterocycles. The highest BCUT2D eigenvalue weighted by Crippen LogP contribution is 2.48. The van der Waals surface area contributed by atoms with Crippen LogP contribution in [0.25, 0.3) is 0 Å². The smallest absolute Gasteiger partial charge is 0.226 e. The van der Waals surface area contributed by atoms with Crippen molar-refractivity contribution in [3.8, 4) is 0 Å². The summed E-state index contributed by atoms with van der Waals surface area (Å²) in [6.07, 6.45) is 0.993. The molecular formula is C18H26N2O2. The standard InChI is InChI=1S/C18H26N2O2/c1-18(2,22)13-19-8-10-20(11-9-19)17(21)16-12-15(16)14-6-4-3-5-7-14/h3-7,15-16,22H,8-13H2,1-2H3/t15-,16-/m0/s1. The average molecular weight is 302 g/mol. The van der Waals surface area contributed by atoms with Crippen LogP contribution in [0.3, 0.4) is 0 Å². The quantitative estimate of drug-likeness (QED) is 0.921. The maximum Gasteiger partial charge on any atom is 0.226 e. The number of aliphatic hydroxyl groups is 1. The van der Waals surface area contributed by atoms with Crippen LogP contribution in [-0.2, 0) is 4.79 Å².